The fourth-order valence-corrected chi connectivity index (χ4v) is 9.04. The standard InChI is InChI=1S/C47H58N8O7/c1-9-37-39-33(29-14-16-30(17-15-29)34-25-49-43(51-34)36-13-11-23-55(36)45(57)41(27(4)5)53-47(59)61-8)21-19-31(38(39)28(6)62-37)18-20-32-24-48-42(50-32)35-12-10-22-54(35)44(56)40(26(2)3)52-46(58)60-7/h14-17,19,21,24-28,35-37,40-41H,9-13,22-23H2,1-8H3,(H,48,50)(H,49,51)(H,52,58)(H,53,59)/t28?,35-,36-,37?,40+,41+/m1/s1. The number of aromatic amines is 2. The van der Waals surface area contributed by atoms with Crippen molar-refractivity contribution in [1.29, 1.82) is 0 Å². The third-order valence-electron chi connectivity index (χ3n) is 12.3. The highest BCUT2D eigenvalue weighted by Gasteiger charge is 2.39. The van der Waals surface area contributed by atoms with Crippen LogP contribution in [0.1, 0.15) is 132 Å². The van der Waals surface area contributed by atoms with Crippen LogP contribution in [-0.4, -0.2) is 93.1 Å². The number of carbonyl (C=O) groups excluding carboxylic acids is 4. The Labute approximate surface area is 363 Å². The Bertz CT molecular complexity index is 2340. The zero-order valence-corrected chi connectivity index (χ0v) is 36.8. The van der Waals surface area contributed by atoms with E-state index in [4.69, 9.17) is 19.2 Å². The molecule has 0 saturated carbocycles. The van der Waals surface area contributed by atoms with Crippen LogP contribution >= 0.6 is 0 Å². The molecule has 0 aliphatic carbocycles. The first kappa shape index (κ1) is 43.9. The van der Waals surface area contributed by atoms with Crippen molar-refractivity contribution >= 4 is 24.0 Å². The van der Waals surface area contributed by atoms with Crippen LogP contribution in [0.3, 0.4) is 0 Å². The van der Waals surface area contributed by atoms with Crippen LogP contribution in [0, 0.1) is 23.7 Å². The summed E-state index contributed by atoms with van der Waals surface area (Å²) in [7, 11) is 2.58. The van der Waals surface area contributed by atoms with Crippen LogP contribution in [0.5, 0.6) is 0 Å². The second-order valence-corrected chi connectivity index (χ2v) is 16.9. The first-order valence-electron chi connectivity index (χ1n) is 21.7. The number of alkyl carbamates (subject to hydrolysis) is 2. The number of likely N-dealkylation sites (tertiary alicyclic amines) is 2. The third-order valence-corrected chi connectivity index (χ3v) is 12.3. The molecule has 15 heteroatoms. The largest absolute Gasteiger partial charge is 0.453 e. The van der Waals surface area contributed by atoms with E-state index >= 15 is 0 Å². The van der Waals surface area contributed by atoms with E-state index in [2.05, 4.69) is 87.7 Å². The molecule has 5 heterocycles. The summed E-state index contributed by atoms with van der Waals surface area (Å²) in [5, 5.41) is 5.40. The molecule has 62 heavy (non-hydrogen) atoms. The van der Waals surface area contributed by atoms with Gasteiger partial charge < -0.3 is 44.6 Å². The molecule has 0 bridgehead atoms. The molecule has 2 unspecified atom stereocenters. The van der Waals surface area contributed by atoms with Gasteiger partial charge in [-0.15, -0.1) is 0 Å². The molecule has 4 amide bonds. The van der Waals surface area contributed by atoms with Crippen molar-refractivity contribution in [3.8, 4) is 34.2 Å². The summed E-state index contributed by atoms with van der Waals surface area (Å²) in [6.07, 6.45) is 6.00. The number of methoxy groups -OCH3 is 2. The Morgan fingerprint density at radius 3 is 1.87 bits per heavy atom. The molecular weight excluding hydrogens is 789 g/mol. The Balaban J connectivity index is 1.09. The Hall–Kier alpha value is -6.14. The lowest BCUT2D eigenvalue weighted by Gasteiger charge is -2.30. The number of nitrogens with zero attached hydrogens (tertiary/aromatic N) is 4. The Morgan fingerprint density at radius 2 is 1.32 bits per heavy atom. The summed E-state index contributed by atoms with van der Waals surface area (Å²) in [6.45, 7) is 12.9. The maximum Gasteiger partial charge on any atom is 0.407 e. The zero-order chi connectivity index (χ0) is 44.2. The maximum atomic E-state index is 13.6. The van der Waals surface area contributed by atoms with Crippen LogP contribution in [0.15, 0.2) is 48.8 Å². The summed E-state index contributed by atoms with van der Waals surface area (Å²) >= 11 is 0. The molecule has 328 valence electrons. The van der Waals surface area contributed by atoms with E-state index in [9.17, 15) is 19.2 Å². The smallest absolute Gasteiger partial charge is 0.407 e. The summed E-state index contributed by atoms with van der Waals surface area (Å²) < 4.78 is 16.1. The van der Waals surface area contributed by atoms with Gasteiger partial charge in [-0.2, -0.15) is 0 Å². The lowest BCUT2D eigenvalue weighted by atomic mass is 9.88. The van der Waals surface area contributed by atoms with Gasteiger partial charge in [-0.1, -0.05) is 70.9 Å². The molecule has 15 nitrogen and oxygen atoms in total. The maximum absolute atomic E-state index is 13.6. The van der Waals surface area contributed by atoms with Crippen molar-refractivity contribution in [2.75, 3.05) is 27.3 Å². The van der Waals surface area contributed by atoms with E-state index in [0.29, 0.717) is 30.4 Å². The second kappa shape index (κ2) is 18.9. The van der Waals surface area contributed by atoms with Crippen LogP contribution in [0.4, 0.5) is 9.59 Å². The van der Waals surface area contributed by atoms with Crippen molar-refractivity contribution < 1.29 is 33.4 Å². The quantitative estimate of drug-likeness (QED) is 0.111. The van der Waals surface area contributed by atoms with Crippen LogP contribution < -0.4 is 10.6 Å². The average Bonchev–Trinajstić information content (AvgIpc) is 4.13. The molecule has 6 atom stereocenters. The van der Waals surface area contributed by atoms with Gasteiger partial charge in [0.2, 0.25) is 11.8 Å². The van der Waals surface area contributed by atoms with Gasteiger partial charge >= 0.3 is 12.2 Å². The van der Waals surface area contributed by atoms with Gasteiger partial charge in [0.1, 0.15) is 29.4 Å². The van der Waals surface area contributed by atoms with Gasteiger partial charge in [-0.25, -0.2) is 19.6 Å². The average molecular weight is 847 g/mol. The van der Waals surface area contributed by atoms with E-state index < -0.39 is 24.3 Å². The lowest BCUT2D eigenvalue weighted by Crippen LogP contribution is -2.51. The predicted molar refractivity (Wildman–Crippen MR) is 232 cm³/mol. The highest BCUT2D eigenvalue weighted by Crippen LogP contribution is 2.47. The normalized spacial score (nSPS) is 20.4. The number of imidazole rings is 2. The molecule has 3 aliphatic rings. The van der Waals surface area contributed by atoms with Gasteiger partial charge in [0.15, 0.2) is 0 Å². The van der Waals surface area contributed by atoms with Crippen molar-refractivity contribution in [2.45, 2.75) is 110 Å². The SMILES string of the molecule is CCC1OC(C)c2c(C#Cc3cnc([C@H]4CCCN4C(=O)[C@@H](NC(=O)OC)C(C)C)[nH]3)ccc(-c3ccc(-c4cnc([C@H]5CCCN5C(=O)[C@@H](NC(=O)OC)C(C)C)[nH]4)cc3)c21. The first-order valence-corrected chi connectivity index (χ1v) is 21.7. The van der Waals surface area contributed by atoms with E-state index in [0.717, 1.165) is 71.2 Å². The number of hydrogen-bond acceptors (Lipinski definition) is 9. The molecule has 7 rings (SSSR count). The van der Waals surface area contributed by atoms with Crippen LogP contribution in [0.25, 0.3) is 22.4 Å². The molecule has 4 N–H and O–H groups in total. The molecule has 3 aliphatic heterocycles. The predicted octanol–water partition coefficient (Wildman–Crippen LogP) is 7.50. The van der Waals surface area contributed by atoms with Crippen LogP contribution in [0.2, 0.25) is 0 Å². The number of amides is 4. The van der Waals surface area contributed by atoms with Crippen molar-refractivity contribution in [3.63, 3.8) is 0 Å². The van der Waals surface area contributed by atoms with Crippen molar-refractivity contribution in [3.05, 3.63) is 82.8 Å². The zero-order valence-electron chi connectivity index (χ0n) is 36.8. The minimum absolute atomic E-state index is 0.0882. The number of H-pyrrole nitrogens is 2. The van der Waals surface area contributed by atoms with Gasteiger partial charge in [-0.3, -0.25) is 9.59 Å². The highest BCUT2D eigenvalue weighted by atomic mass is 16.5. The first-order chi connectivity index (χ1) is 29.8. The van der Waals surface area contributed by atoms with Crippen molar-refractivity contribution in [2.24, 2.45) is 11.8 Å². The molecule has 0 spiro atoms. The molecule has 2 aromatic heterocycles. The van der Waals surface area contributed by atoms with E-state index in [1.165, 1.54) is 14.2 Å². The fraction of sp³-hybridized carbons (Fsp3) is 0.489. The number of carbonyl (C=O) groups is 4. The Kier molecular flexibility index (Phi) is 13.4. The summed E-state index contributed by atoms with van der Waals surface area (Å²) in [5.74, 6) is 7.53. The van der Waals surface area contributed by atoms with E-state index in [-0.39, 0.29) is 47.9 Å². The van der Waals surface area contributed by atoms with Gasteiger partial charge in [0, 0.05) is 24.2 Å². The van der Waals surface area contributed by atoms with E-state index in [1.807, 2.05) is 38.8 Å². The number of fused-ring (bicyclic) bond motifs is 1. The number of benzene rings is 2. The van der Waals surface area contributed by atoms with Crippen LogP contribution in [-0.2, 0) is 23.8 Å². The molecule has 2 fully saturated rings. The third kappa shape index (κ3) is 8.92. The van der Waals surface area contributed by atoms with Gasteiger partial charge in [0.25, 0.3) is 0 Å². The number of nitrogens with one attached hydrogen (secondary N) is 4. The summed E-state index contributed by atoms with van der Waals surface area (Å²) in [4.78, 5) is 71.1. The molecule has 4 aromatic rings. The van der Waals surface area contributed by atoms with Gasteiger partial charge in [-0.05, 0) is 85.1 Å². The number of rotatable bonds is 11. The molecule has 2 saturated heterocycles. The summed E-state index contributed by atoms with van der Waals surface area (Å²) in [5.41, 5.74) is 7.71. The molecule has 2 aromatic carbocycles. The minimum atomic E-state index is -0.711. The van der Waals surface area contributed by atoms with E-state index in [1.54, 1.807) is 11.1 Å². The summed E-state index contributed by atoms with van der Waals surface area (Å²) in [6, 6.07) is 10.7. The number of aromatic nitrogens is 4. The molecule has 0 radical (unpaired) electrons. The number of ether oxygens (including phenoxy) is 3. The lowest BCUT2D eigenvalue weighted by molar-refractivity contribution is -0.136. The minimum Gasteiger partial charge on any atom is -0.453 e. The van der Waals surface area contributed by atoms with Gasteiger partial charge in [0.05, 0.1) is 56.6 Å². The van der Waals surface area contributed by atoms with Crippen molar-refractivity contribution in [1.82, 2.24) is 40.4 Å². The highest BCUT2D eigenvalue weighted by molar-refractivity contribution is 5.87. The molecular formula is C47H58N8O7. The topological polar surface area (TPSA) is 184 Å². The number of hydrogen-bond donors (Lipinski definition) is 4. The monoisotopic (exact) mass is 846 g/mol. The fourth-order valence-electron chi connectivity index (χ4n) is 9.04. The Morgan fingerprint density at radius 1 is 0.774 bits per heavy atom. The second-order valence-electron chi connectivity index (χ2n) is 16.9.